The minimum absolute atomic E-state index is 0.0134. The number of rotatable bonds is 7. The molecule has 0 spiro atoms. The fourth-order valence-corrected chi connectivity index (χ4v) is 2.73. The molecule has 0 saturated carbocycles. The summed E-state index contributed by atoms with van der Waals surface area (Å²) in [6, 6.07) is 7.53. The van der Waals surface area contributed by atoms with Gasteiger partial charge in [-0.2, -0.15) is 0 Å². The number of cyclic esters (lactones) is 1. The molecule has 1 aromatic rings. The van der Waals surface area contributed by atoms with Gasteiger partial charge in [0.15, 0.2) is 0 Å². The smallest absolute Gasteiger partial charge is 0.311 e. The van der Waals surface area contributed by atoms with Crippen LogP contribution in [-0.4, -0.2) is 42.4 Å². The highest BCUT2D eigenvalue weighted by Gasteiger charge is 2.35. The van der Waals surface area contributed by atoms with E-state index in [0.717, 1.165) is 31.6 Å². The molecule has 148 valence electrons. The lowest BCUT2D eigenvalue weighted by molar-refractivity contribution is -0.301. The van der Waals surface area contributed by atoms with E-state index in [4.69, 9.17) is 16.3 Å². The Labute approximate surface area is 163 Å². The molecule has 2 unspecified atom stereocenters. The van der Waals surface area contributed by atoms with Crippen molar-refractivity contribution in [2.75, 3.05) is 19.6 Å². The Kier molecular flexibility index (Phi) is 9.53. The summed E-state index contributed by atoms with van der Waals surface area (Å²) < 4.78 is 5.48. The molecule has 0 N–H and O–H groups in total. The van der Waals surface area contributed by atoms with E-state index >= 15 is 0 Å². The molecule has 0 bridgehead atoms. The van der Waals surface area contributed by atoms with E-state index in [2.05, 4.69) is 18.7 Å². The minimum atomic E-state index is -1.55. The molecule has 0 radical (unpaired) electrons. The molecular weight excluding hydrogens is 374 g/mol. The van der Waals surface area contributed by atoms with Crippen molar-refractivity contribution in [3.05, 3.63) is 47.0 Å². The maximum Gasteiger partial charge on any atom is 0.311 e. The van der Waals surface area contributed by atoms with E-state index < -0.39 is 11.9 Å². The van der Waals surface area contributed by atoms with Crippen LogP contribution in [0, 0.1) is 5.92 Å². The first-order valence-electron chi connectivity index (χ1n) is 8.55. The van der Waals surface area contributed by atoms with Gasteiger partial charge in [-0.1, -0.05) is 37.6 Å². The Bertz CT molecular complexity index is 653. The lowest BCUT2D eigenvalue weighted by atomic mass is 9.99. The van der Waals surface area contributed by atoms with Gasteiger partial charge < -0.3 is 29.4 Å². The zero-order valence-corrected chi connectivity index (χ0v) is 16.0. The zero-order valence-electron chi connectivity index (χ0n) is 15.2. The summed E-state index contributed by atoms with van der Waals surface area (Å²) in [5.74, 6) is -3.18. The van der Waals surface area contributed by atoms with E-state index in [0.29, 0.717) is 17.2 Å². The Morgan fingerprint density at radius 3 is 2.11 bits per heavy atom. The number of hydrogen-bond donors (Lipinski definition) is 0. The average Bonchev–Trinajstić information content (AvgIpc) is 2.99. The van der Waals surface area contributed by atoms with Gasteiger partial charge in [0.25, 0.3) is 0 Å². The largest absolute Gasteiger partial charge is 0.545 e. The summed E-state index contributed by atoms with van der Waals surface area (Å²) in [6.45, 7) is 6.94. The number of carbonyl (C=O) groups excluding carboxylic acids is 3. The number of nitrogens with zero attached hydrogens (tertiary/aromatic N) is 1. The third-order valence-electron chi connectivity index (χ3n) is 4.06. The van der Waals surface area contributed by atoms with Gasteiger partial charge in [-0.25, -0.2) is 0 Å². The Hall–Kier alpha value is -2.38. The standard InChI is InChI=1S/C15H20ClNO2.C4H4O4/c1-3-17(4-2)10-12-9-14(19-15(12)18)11-5-7-13(16)8-6-11;5-3(6)1-2-4(7)8/h5-8,12,14H,3-4,9-10H2,1-2H3;1-2H,(H,5,6)(H,7,8)/p-2/b;2-1-. The van der Waals surface area contributed by atoms with Crippen molar-refractivity contribution >= 4 is 29.5 Å². The average molecular weight is 396 g/mol. The molecule has 1 fully saturated rings. The van der Waals surface area contributed by atoms with Crippen molar-refractivity contribution in [1.29, 1.82) is 0 Å². The molecule has 2 atom stereocenters. The third kappa shape index (κ3) is 8.23. The number of carbonyl (C=O) groups is 3. The van der Waals surface area contributed by atoms with Crippen molar-refractivity contribution in [1.82, 2.24) is 4.90 Å². The molecule has 1 saturated heterocycles. The fourth-order valence-electron chi connectivity index (χ4n) is 2.60. The number of benzene rings is 1. The van der Waals surface area contributed by atoms with E-state index in [-0.39, 0.29) is 18.0 Å². The molecule has 1 aliphatic rings. The summed E-state index contributed by atoms with van der Waals surface area (Å²) in [6.07, 6.45) is 1.41. The van der Waals surface area contributed by atoms with E-state index in [9.17, 15) is 24.6 Å². The van der Waals surface area contributed by atoms with Gasteiger partial charge in [0.1, 0.15) is 6.10 Å². The third-order valence-corrected chi connectivity index (χ3v) is 4.31. The van der Waals surface area contributed by atoms with Crippen LogP contribution < -0.4 is 10.2 Å². The first-order valence-corrected chi connectivity index (χ1v) is 8.92. The number of ether oxygens (including phenoxy) is 1. The quantitative estimate of drug-likeness (QED) is 0.483. The molecule has 1 aromatic carbocycles. The number of esters is 1. The highest BCUT2D eigenvalue weighted by molar-refractivity contribution is 6.30. The second-order valence-electron chi connectivity index (χ2n) is 5.87. The molecule has 27 heavy (non-hydrogen) atoms. The molecule has 2 rings (SSSR count). The predicted octanol–water partition coefficient (Wildman–Crippen LogP) is 0.328. The monoisotopic (exact) mass is 395 g/mol. The van der Waals surface area contributed by atoms with Crippen LogP contribution in [-0.2, 0) is 19.1 Å². The van der Waals surface area contributed by atoms with Crippen molar-refractivity contribution in [2.24, 2.45) is 5.92 Å². The summed E-state index contributed by atoms with van der Waals surface area (Å²) in [5, 5.41) is 19.5. The molecular formula is C19H22ClNO6-2. The predicted molar refractivity (Wildman–Crippen MR) is 95.3 cm³/mol. The summed E-state index contributed by atoms with van der Waals surface area (Å²) in [5.41, 5.74) is 1.03. The van der Waals surface area contributed by atoms with Crippen LogP contribution in [0.5, 0.6) is 0 Å². The number of aliphatic carboxylic acids is 2. The van der Waals surface area contributed by atoms with Gasteiger partial charge in [-0.05, 0) is 42.9 Å². The second kappa shape index (κ2) is 11.4. The molecule has 8 heteroatoms. The summed E-state index contributed by atoms with van der Waals surface area (Å²) in [4.78, 5) is 33.0. The van der Waals surface area contributed by atoms with E-state index in [1.165, 1.54) is 0 Å². The van der Waals surface area contributed by atoms with Crippen LogP contribution in [0.15, 0.2) is 36.4 Å². The van der Waals surface area contributed by atoms with Crippen LogP contribution in [0.3, 0.4) is 0 Å². The first-order chi connectivity index (χ1) is 12.8. The van der Waals surface area contributed by atoms with Crippen molar-refractivity contribution in [2.45, 2.75) is 26.4 Å². The SMILES string of the molecule is CCN(CC)CC1CC(c2ccc(Cl)cc2)OC1=O.O=C([O-])/C=C\C(=O)[O-]. The van der Waals surface area contributed by atoms with Gasteiger partial charge in [0, 0.05) is 18.0 Å². The van der Waals surface area contributed by atoms with Gasteiger partial charge in [0.05, 0.1) is 17.9 Å². The Balaban J connectivity index is 0.000000387. The topological polar surface area (TPSA) is 110 Å². The van der Waals surface area contributed by atoms with Crippen LogP contribution in [0.1, 0.15) is 31.9 Å². The molecule has 1 heterocycles. The maximum absolute atomic E-state index is 11.9. The number of carboxylic acids is 2. The van der Waals surface area contributed by atoms with Crippen LogP contribution in [0.25, 0.3) is 0 Å². The number of halogens is 1. The molecule has 1 aliphatic heterocycles. The van der Waals surface area contributed by atoms with Gasteiger partial charge in [-0.3, -0.25) is 4.79 Å². The maximum atomic E-state index is 11.9. The zero-order chi connectivity index (χ0) is 20.4. The minimum Gasteiger partial charge on any atom is -0.545 e. The second-order valence-corrected chi connectivity index (χ2v) is 6.30. The first kappa shape index (κ1) is 22.7. The molecule has 0 aromatic heterocycles. The van der Waals surface area contributed by atoms with Crippen LogP contribution in [0.2, 0.25) is 5.02 Å². The van der Waals surface area contributed by atoms with Crippen LogP contribution in [0.4, 0.5) is 0 Å². The van der Waals surface area contributed by atoms with Gasteiger partial charge in [-0.15, -0.1) is 0 Å². The fraction of sp³-hybridized carbons (Fsp3) is 0.421. The molecule has 0 amide bonds. The highest BCUT2D eigenvalue weighted by Crippen LogP contribution is 2.34. The lowest BCUT2D eigenvalue weighted by Gasteiger charge is -2.19. The molecule has 7 nitrogen and oxygen atoms in total. The van der Waals surface area contributed by atoms with E-state index in [1.54, 1.807) is 0 Å². The highest BCUT2D eigenvalue weighted by atomic mass is 35.5. The van der Waals surface area contributed by atoms with Crippen molar-refractivity contribution in [3.63, 3.8) is 0 Å². The van der Waals surface area contributed by atoms with Gasteiger partial charge in [0.2, 0.25) is 0 Å². The summed E-state index contributed by atoms with van der Waals surface area (Å²) >= 11 is 5.87. The normalized spacial score (nSPS) is 18.9. The Morgan fingerprint density at radius 2 is 1.67 bits per heavy atom. The van der Waals surface area contributed by atoms with E-state index in [1.807, 2.05) is 24.3 Å². The Morgan fingerprint density at radius 1 is 1.15 bits per heavy atom. The van der Waals surface area contributed by atoms with Crippen LogP contribution >= 0.6 is 11.6 Å². The lowest BCUT2D eigenvalue weighted by Crippen LogP contribution is -2.31. The molecule has 0 aliphatic carbocycles. The number of hydrogen-bond acceptors (Lipinski definition) is 7. The van der Waals surface area contributed by atoms with Gasteiger partial charge >= 0.3 is 5.97 Å². The van der Waals surface area contributed by atoms with Crippen molar-refractivity contribution < 1.29 is 29.3 Å². The summed E-state index contributed by atoms with van der Waals surface area (Å²) in [7, 11) is 0. The number of carboxylic acid groups (broad SMARTS) is 2. The van der Waals surface area contributed by atoms with Crippen molar-refractivity contribution in [3.8, 4) is 0 Å².